The van der Waals surface area contributed by atoms with Gasteiger partial charge in [0.25, 0.3) is 0 Å². The molecular formula is C14H21ClN2O. The molecule has 1 aliphatic carbocycles. The van der Waals surface area contributed by atoms with Crippen molar-refractivity contribution in [3.8, 4) is 0 Å². The summed E-state index contributed by atoms with van der Waals surface area (Å²) >= 11 is 0. The fourth-order valence-corrected chi connectivity index (χ4v) is 2.34. The van der Waals surface area contributed by atoms with E-state index >= 15 is 0 Å². The van der Waals surface area contributed by atoms with Gasteiger partial charge >= 0.3 is 0 Å². The summed E-state index contributed by atoms with van der Waals surface area (Å²) < 4.78 is 0. The van der Waals surface area contributed by atoms with Crippen LogP contribution in [0.3, 0.4) is 0 Å². The van der Waals surface area contributed by atoms with Crippen molar-refractivity contribution in [1.82, 2.24) is 5.32 Å². The van der Waals surface area contributed by atoms with Crippen molar-refractivity contribution in [2.24, 2.45) is 5.73 Å². The van der Waals surface area contributed by atoms with Gasteiger partial charge in [-0.1, -0.05) is 43.2 Å². The Hall–Kier alpha value is -1.06. The maximum absolute atomic E-state index is 11.9. The quantitative estimate of drug-likeness (QED) is 0.878. The molecule has 0 aliphatic heterocycles. The second kappa shape index (κ2) is 7.39. The van der Waals surface area contributed by atoms with Gasteiger partial charge in [-0.05, 0) is 24.8 Å². The summed E-state index contributed by atoms with van der Waals surface area (Å²) in [4.78, 5) is 11.9. The van der Waals surface area contributed by atoms with Crippen molar-refractivity contribution >= 4 is 18.3 Å². The highest BCUT2D eigenvalue weighted by Crippen LogP contribution is 2.17. The van der Waals surface area contributed by atoms with Crippen molar-refractivity contribution in [1.29, 1.82) is 0 Å². The van der Waals surface area contributed by atoms with Crippen molar-refractivity contribution in [2.45, 2.75) is 44.2 Å². The predicted molar refractivity (Wildman–Crippen MR) is 75.8 cm³/mol. The smallest absolute Gasteiger partial charge is 0.237 e. The van der Waals surface area contributed by atoms with Gasteiger partial charge in [0.05, 0.1) is 6.04 Å². The van der Waals surface area contributed by atoms with E-state index in [0.29, 0.717) is 12.5 Å². The normalized spacial score (nSPS) is 16.9. The summed E-state index contributed by atoms with van der Waals surface area (Å²) in [5.74, 6) is -0.0132. The predicted octanol–water partition coefficient (Wildman–Crippen LogP) is 2.04. The van der Waals surface area contributed by atoms with Gasteiger partial charge in [0.2, 0.25) is 5.91 Å². The van der Waals surface area contributed by atoms with E-state index in [1.54, 1.807) is 0 Å². The zero-order valence-corrected chi connectivity index (χ0v) is 11.3. The number of nitrogens with one attached hydrogen (secondary N) is 1. The molecule has 4 heteroatoms. The third-order valence-electron chi connectivity index (χ3n) is 3.34. The van der Waals surface area contributed by atoms with Gasteiger partial charge in [0.15, 0.2) is 0 Å². The lowest BCUT2D eigenvalue weighted by Crippen LogP contribution is -2.45. The second-order valence-corrected chi connectivity index (χ2v) is 4.79. The standard InChI is InChI=1S/C14H20N2O.ClH/c15-13(10-11-6-2-1-3-7-11)14(17)16-12-8-4-5-9-12;/h1-3,6-7,12-13H,4-5,8-10,15H2,(H,16,17);1H/t13-;/m0./s1. The second-order valence-electron chi connectivity index (χ2n) is 4.79. The van der Waals surface area contributed by atoms with E-state index in [-0.39, 0.29) is 18.3 Å². The van der Waals surface area contributed by atoms with Crippen LogP contribution in [0.15, 0.2) is 30.3 Å². The molecule has 1 saturated carbocycles. The molecule has 0 unspecified atom stereocenters. The highest BCUT2D eigenvalue weighted by molar-refractivity contribution is 5.85. The number of hydrogen-bond donors (Lipinski definition) is 2. The van der Waals surface area contributed by atoms with Crippen LogP contribution < -0.4 is 11.1 Å². The topological polar surface area (TPSA) is 55.1 Å². The summed E-state index contributed by atoms with van der Waals surface area (Å²) in [6, 6.07) is 9.83. The molecule has 3 nitrogen and oxygen atoms in total. The van der Waals surface area contributed by atoms with Gasteiger partial charge in [-0.2, -0.15) is 0 Å². The molecule has 1 amide bonds. The Bertz CT molecular complexity index is 363. The summed E-state index contributed by atoms with van der Waals surface area (Å²) in [6.45, 7) is 0. The number of nitrogens with two attached hydrogens (primary N) is 1. The van der Waals surface area contributed by atoms with Gasteiger partial charge < -0.3 is 11.1 Å². The maximum atomic E-state index is 11.9. The molecule has 0 heterocycles. The molecule has 3 N–H and O–H groups in total. The van der Waals surface area contributed by atoms with Crippen molar-refractivity contribution in [3.05, 3.63) is 35.9 Å². The van der Waals surface area contributed by atoms with Crippen LogP contribution in [0.25, 0.3) is 0 Å². The van der Waals surface area contributed by atoms with Crippen molar-refractivity contribution in [2.75, 3.05) is 0 Å². The first kappa shape index (κ1) is 15.0. The fraction of sp³-hybridized carbons (Fsp3) is 0.500. The highest BCUT2D eigenvalue weighted by atomic mass is 35.5. The molecule has 1 aromatic rings. The van der Waals surface area contributed by atoms with Gasteiger partial charge in [-0.3, -0.25) is 4.79 Å². The van der Waals surface area contributed by atoms with Crippen LogP contribution in [-0.4, -0.2) is 18.0 Å². The van der Waals surface area contributed by atoms with E-state index in [1.807, 2.05) is 30.3 Å². The molecule has 0 spiro atoms. The van der Waals surface area contributed by atoms with Gasteiger partial charge in [0, 0.05) is 6.04 Å². The Balaban J connectivity index is 0.00000162. The van der Waals surface area contributed by atoms with Crippen LogP contribution >= 0.6 is 12.4 Å². The fourth-order valence-electron chi connectivity index (χ4n) is 2.34. The number of rotatable bonds is 4. The van der Waals surface area contributed by atoms with Crippen LogP contribution in [0.4, 0.5) is 0 Å². The van der Waals surface area contributed by atoms with Crippen molar-refractivity contribution in [3.63, 3.8) is 0 Å². The Morgan fingerprint density at radius 1 is 1.28 bits per heavy atom. The lowest BCUT2D eigenvalue weighted by atomic mass is 10.1. The summed E-state index contributed by atoms with van der Waals surface area (Å²) in [5, 5.41) is 3.03. The first-order valence-corrected chi connectivity index (χ1v) is 6.35. The maximum Gasteiger partial charge on any atom is 0.237 e. The summed E-state index contributed by atoms with van der Waals surface area (Å²) in [5.41, 5.74) is 7.03. The minimum absolute atomic E-state index is 0. The third-order valence-corrected chi connectivity index (χ3v) is 3.34. The Morgan fingerprint density at radius 2 is 1.89 bits per heavy atom. The molecule has 1 aliphatic rings. The van der Waals surface area contributed by atoms with E-state index in [4.69, 9.17) is 5.73 Å². The average Bonchev–Trinajstić information content (AvgIpc) is 2.83. The Labute approximate surface area is 115 Å². The van der Waals surface area contributed by atoms with E-state index in [0.717, 1.165) is 18.4 Å². The largest absolute Gasteiger partial charge is 0.352 e. The zero-order chi connectivity index (χ0) is 12.1. The molecule has 18 heavy (non-hydrogen) atoms. The number of hydrogen-bond acceptors (Lipinski definition) is 2. The van der Waals surface area contributed by atoms with E-state index in [9.17, 15) is 4.79 Å². The number of halogens is 1. The minimum atomic E-state index is -0.432. The summed E-state index contributed by atoms with van der Waals surface area (Å²) in [6.07, 6.45) is 5.25. The molecule has 1 aromatic carbocycles. The number of amides is 1. The molecular weight excluding hydrogens is 248 g/mol. The SMILES string of the molecule is Cl.N[C@@H](Cc1ccccc1)C(=O)NC1CCCC1. The number of carbonyl (C=O) groups is 1. The lowest BCUT2D eigenvalue weighted by molar-refractivity contribution is -0.123. The van der Waals surface area contributed by atoms with Crippen LogP contribution in [0, 0.1) is 0 Å². The van der Waals surface area contributed by atoms with Crippen molar-refractivity contribution < 1.29 is 4.79 Å². The zero-order valence-electron chi connectivity index (χ0n) is 10.5. The first-order valence-electron chi connectivity index (χ1n) is 6.35. The van der Waals surface area contributed by atoms with Gasteiger partial charge in [-0.25, -0.2) is 0 Å². The number of carbonyl (C=O) groups excluding carboxylic acids is 1. The van der Waals surface area contributed by atoms with Crippen LogP contribution in [-0.2, 0) is 11.2 Å². The van der Waals surface area contributed by atoms with Crippen LogP contribution in [0.1, 0.15) is 31.2 Å². The van der Waals surface area contributed by atoms with E-state index in [2.05, 4.69) is 5.32 Å². The monoisotopic (exact) mass is 268 g/mol. The van der Waals surface area contributed by atoms with Gasteiger partial charge in [0.1, 0.15) is 0 Å². The van der Waals surface area contributed by atoms with Gasteiger partial charge in [-0.15, -0.1) is 12.4 Å². The Kier molecular flexibility index (Phi) is 6.16. The molecule has 1 atom stereocenters. The van der Waals surface area contributed by atoms with Crippen LogP contribution in [0.2, 0.25) is 0 Å². The first-order chi connectivity index (χ1) is 8.25. The molecule has 0 aromatic heterocycles. The van der Waals surface area contributed by atoms with Crippen LogP contribution in [0.5, 0.6) is 0 Å². The summed E-state index contributed by atoms with van der Waals surface area (Å²) in [7, 11) is 0. The lowest BCUT2D eigenvalue weighted by Gasteiger charge is -2.16. The average molecular weight is 269 g/mol. The highest BCUT2D eigenvalue weighted by Gasteiger charge is 2.20. The number of benzene rings is 1. The molecule has 0 saturated heterocycles. The Morgan fingerprint density at radius 3 is 2.50 bits per heavy atom. The molecule has 0 bridgehead atoms. The molecule has 0 radical (unpaired) electrons. The van der Waals surface area contributed by atoms with E-state index < -0.39 is 6.04 Å². The molecule has 100 valence electrons. The molecule has 1 fully saturated rings. The third kappa shape index (κ3) is 4.31. The van der Waals surface area contributed by atoms with E-state index in [1.165, 1.54) is 12.8 Å². The molecule has 2 rings (SSSR count). The minimum Gasteiger partial charge on any atom is -0.352 e.